The first-order chi connectivity index (χ1) is 10.8. The van der Waals surface area contributed by atoms with Crippen LogP contribution in [0.3, 0.4) is 0 Å². The molecular formula is C16H18N4O2. The van der Waals surface area contributed by atoms with Gasteiger partial charge in [-0.05, 0) is 31.9 Å². The van der Waals surface area contributed by atoms with Gasteiger partial charge in [0.2, 0.25) is 5.95 Å². The van der Waals surface area contributed by atoms with Crippen LogP contribution < -0.4 is 20.1 Å². The number of nitrogens with zero attached hydrogens (tertiary/aromatic N) is 2. The van der Waals surface area contributed by atoms with Crippen LogP contribution in [0.4, 0.5) is 17.5 Å². The molecule has 114 valence electrons. The fourth-order valence-electron chi connectivity index (χ4n) is 2.39. The lowest BCUT2D eigenvalue weighted by Crippen LogP contribution is -2.15. The molecule has 1 aliphatic heterocycles. The summed E-state index contributed by atoms with van der Waals surface area (Å²) in [6.45, 7) is 3.14. The number of aryl methyl sites for hydroxylation is 1. The zero-order chi connectivity index (χ0) is 14.9. The molecule has 0 saturated heterocycles. The van der Waals surface area contributed by atoms with Crippen LogP contribution in [0.25, 0.3) is 0 Å². The molecule has 0 unspecified atom stereocenters. The van der Waals surface area contributed by atoms with E-state index in [4.69, 9.17) is 9.47 Å². The highest BCUT2D eigenvalue weighted by Gasteiger charge is 2.21. The molecule has 0 bridgehead atoms. The van der Waals surface area contributed by atoms with E-state index < -0.39 is 0 Å². The summed E-state index contributed by atoms with van der Waals surface area (Å²) in [6.07, 6.45) is 2.43. The van der Waals surface area contributed by atoms with Gasteiger partial charge in [-0.25, -0.2) is 4.98 Å². The molecule has 1 aromatic carbocycles. The normalized spacial score (nSPS) is 16.2. The zero-order valence-electron chi connectivity index (χ0n) is 12.4. The molecule has 1 fully saturated rings. The second kappa shape index (κ2) is 5.36. The van der Waals surface area contributed by atoms with Crippen molar-refractivity contribution in [2.75, 3.05) is 23.8 Å². The van der Waals surface area contributed by atoms with Crippen LogP contribution >= 0.6 is 0 Å². The summed E-state index contributed by atoms with van der Waals surface area (Å²) < 4.78 is 11.1. The lowest BCUT2D eigenvalue weighted by molar-refractivity contribution is 0.171. The average Bonchev–Trinajstić information content (AvgIpc) is 3.30. The molecule has 2 aromatic rings. The summed E-state index contributed by atoms with van der Waals surface area (Å²) in [4.78, 5) is 8.95. The zero-order valence-corrected chi connectivity index (χ0v) is 12.4. The van der Waals surface area contributed by atoms with Crippen molar-refractivity contribution in [1.29, 1.82) is 0 Å². The van der Waals surface area contributed by atoms with Crippen molar-refractivity contribution < 1.29 is 9.47 Å². The van der Waals surface area contributed by atoms with Crippen molar-refractivity contribution in [3.63, 3.8) is 0 Å². The molecular weight excluding hydrogens is 280 g/mol. The fourth-order valence-corrected chi connectivity index (χ4v) is 2.39. The SMILES string of the molecule is Cc1cc(NC2CC2)nc(Nc2ccc3c(c2)OCCO3)n1. The minimum atomic E-state index is 0.566. The van der Waals surface area contributed by atoms with E-state index >= 15 is 0 Å². The predicted molar refractivity (Wildman–Crippen MR) is 84.1 cm³/mol. The van der Waals surface area contributed by atoms with Gasteiger partial charge in [0.15, 0.2) is 11.5 Å². The maximum atomic E-state index is 5.59. The molecule has 0 radical (unpaired) electrons. The third-order valence-corrected chi connectivity index (χ3v) is 3.58. The Kier molecular flexibility index (Phi) is 3.21. The number of hydrogen-bond acceptors (Lipinski definition) is 6. The smallest absolute Gasteiger partial charge is 0.229 e. The van der Waals surface area contributed by atoms with E-state index in [9.17, 15) is 0 Å². The van der Waals surface area contributed by atoms with Crippen molar-refractivity contribution in [2.45, 2.75) is 25.8 Å². The van der Waals surface area contributed by atoms with Gasteiger partial charge in [-0.2, -0.15) is 4.98 Å². The Morgan fingerprint density at radius 2 is 1.86 bits per heavy atom. The number of ether oxygens (including phenoxy) is 2. The second-order valence-electron chi connectivity index (χ2n) is 5.62. The highest BCUT2D eigenvalue weighted by atomic mass is 16.6. The maximum absolute atomic E-state index is 5.59. The van der Waals surface area contributed by atoms with E-state index in [2.05, 4.69) is 20.6 Å². The lowest BCUT2D eigenvalue weighted by atomic mass is 10.2. The van der Waals surface area contributed by atoms with E-state index in [0.717, 1.165) is 28.7 Å². The molecule has 2 N–H and O–H groups in total. The number of benzene rings is 1. The third-order valence-electron chi connectivity index (χ3n) is 3.58. The molecule has 0 spiro atoms. The van der Waals surface area contributed by atoms with Crippen LogP contribution in [0, 0.1) is 6.92 Å². The predicted octanol–water partition coefficient (Wildman–Crippen LogP) is 2.87. The van der Waals surface area contributed by atoms with Gasteiger partial charge >= 0.3 is 0 Å². The number of hydrogen-bond donors (Lipinski definition) is 2. The molecule has 2 heterocycles. The Bertz CT molecular complexity index is 701. The molecule has 0 amide bonds. The van der Waals surface area contributed by atoms with E-state index in [1.54, 1.807) is 0 Å². The van der Waals surface area contributed by atoms with Crippen LogP contribution in [0.2, 0.25) is 0 Å². The van der Waals surface area contributed by atoms with Gasteiger partial charge < -0.3 is 20.1 Å². The van der Waals surface area contributed by atoms with Gasteiger partial charge in [-0.1, -0.05) is 0 Å². The fraction of sp³-hybridized carbons (Fsp3) is 0.375. The Morgan fingerprint density at radius 3 is 2.68 bits per heavy atom. The third kappa shape index (κ3) is 2.90. The van der Waals surface area contributed by atoms with Crippen molar-refractivity contribution in [3.8, 4) is 11.5 Å². The van der Waals surface area contributed by atoms with Gasteiger partial charge in [0.1, 0.15) is 19.0 Å². The first-order valence-corrected chi connectivity index (χ1v) is 7.55. The lowest BCUT2D eigenvalue weighted by Gasteiger charge is -2.19. The van der Waals surface area contributed by atoms with Crippen LogP contribution in [0.5, 0.6) is 11.5 Å². The van der Waals surface area contributed by atoms with Gasteiger partial charge in [0.25, 0.3) is 0 Å². The molecule has 6 heteroatoms. The maximum Gasteiger partial charge on any atom is 0.229 e. The van der Waals surface area contributed by atoms with E-state index in [1.807, 2.05) is 31.2 Å². The van der Waals surface area contributed by atoms with E-state index in [1.165, 1.54) is 12.8 Å². The van der Waals surface area contributed by atoms with Crippen molar-refractivity contribution in [2.24, 2.45) is 0 Å². The molecule has 6 nitrogen and oxygen atoms in total. The Hall–Kier alpha value is -2.50. The molecule has 1 aromatic heterocycles. The van der Waals surface area contributed by atoms with E-state index in [0.29, 0.717) is 25.2 Å². The van der Waals surface area contributed by atoms with Gasteiger partial charge in [0, 0.05) is 29.6 Å². The van der Waals surface area contributed by atoms with Gasteiger partial charge in [-0.15, -0.1) is 0 Å². The summed E-state index contributed by atoms with van der Waals surface area (Å²) in [7, 11) is 0. The van der Waals surface area contributed by atoms with Gasteiger partial charge in [-0.3, -0.25) is 0 Å². The monoisotopic (exact) mass is 298 g/mol. The number of aromatic nitrogens is 2. The van der Waals surface area contributed by atoms with Crippen LogP contribution in [0.15, 0.2) is 24.3 Å². The summed E-state index contributed by atoms with van der Waals surface area (Å²) in [5.74, 6) is 2.98. The number of rotatable bonds is 4. The Balaban J connectivity index is 1.55. The summed E-state index contributed by atoms with van der Waals surface area (Å²) >= 11 is 0. The van der Waals surface area contributed by atoms with Crippen LogP contribution in [-0.2, 0) is 0 Å². The standard InChI is InChI=1S/C16H18N4O2/c1-10-8-15(18-11-2-3-11)20-16(17-10)19-12-4-5-13-14(9-12)22-7-6-21-13/h4-5,8-9,11H,2-3,6-7H2,1H3,(H2,17,18,19,20). The van der Waals surface area contributed by atoms with Gasteiger partial charge in [0.05, 0.1) is 0 Å². The first kappa shape index (κ1) is 13.2. The summed E-state index contributed by atoms with van der Waals surface area (Å²) in [5, 5.41) is 6.63. The minimum absolute atomic E-state index is 0.566. The Morgan fingerprint density at radius 1 is 1.05 bits per heavy atom. The highest BCUT2D eigenvalue weighted by Crippen LogP contribution is 2.33. The minimum Gasteiger partial charge on any atom is -0.486 e. The Labute approximate surface area is 128 Å². The topological polar surface area (TPSA) is 68.3 Å². The summed E-state index contributed by atoms with van der Waals surface area (Å²) in [6, 6.07) is 8.28. The molecule has 1 aliphatic carbocycles. The van der Waals surface area contributed by atoms with Crippen LogP contribution in [-0.4, -0.2) is 29.2 Å². The molecule has 2 aliphatic rings. The van der Waals surface area contributed by atoms with Crippen LogP contribution in [0.1, 0.15) is 18.5 Å². The highest BCUT2D eigenvalue weighted by molar-refractivity contribution is 5.61. The molecule has 22 heavy (non-hydrogen) atoms. The number of nitrogens with one attached hydrogen (secondary N) is 2. The quantitative estimate of drug-likeness (QED) is 0.904. The van der Waals surface area contributed by atoms with Crippen molar-refractivity contribution in [1.82, 2.24) is 9.97 Å². The first-order valence-electron chi connectivity index (χ1n) is 7.55. The largest absolute Gasteiger partial charge is 0.486 e. The number of fused-ring (bicyclic) bond motifs is 1. The molecule has 4 rings (SSSR count). The van der Waals surface area contributed by atoms with Crippen molar-refractivity contribution >= 4 is 17.5 Å². The number of anilines is 3. The average molecular weight is 298 g/mol. The molecule has 1 saturated carbocycles. The second-order valence-corrected chi connectivity index (χ2v) is 5.62. The van der Waals surface area contributed by atoms with E-state index in [-0.39, 0.29) is 0 Å². The van der Waals surface area contributed by atoms with Crippen molar-refractivity contribution in [3.05, 3.63) is 30.0 Å². The summed E-state index contributed by atoms with van der Waals surface area (Å²) in [5.41, 5.74) is 1.81. The molecule has 0 atom stereocenters.